The predicted octanol–water partition coefficient (Wildman–Crippen LogP) is 2.14. The molecule has 0 aromatic carbocycles. The van der Waals surface area contributed by atoms with E-state index in [0.29, 0.717) is 5.69 Å². The van der Waals surface area contributed by atoms with Crippen molar-refractivity contribution in [2.24, 2.45) is 0 Å². The average Bonchev–Trinajstić information content (AvgIpc) is 2.62. The SMILES string of the molecule is CCOC(=O)Cc1csc(NC(=O)CC(F)(F)F)n1. The summed E-state index contributed by atoms with van der Waals surface area (Å²) in [6, 6.07) is 0. The zero-order chi connectivity index (χ0) is 14.5. The van der Waals surface area contributed by atoms with E-state index in [1.165, 1.54) is 5.38 Å². The molecule has 0 radical (unpaired) electrons. The van der Waals surface area contributed by atoms with Gasteiger partial charge in [-0.3, -0.25) is 9.59 Å². The van der Waals surface area contributed by atoms with Crippen LogP contribution in [0.4, 0.5) is 18.3 Å². The fourth-order valence-corrected chi connectivity index (χ4v) is 1.88. The second-order valence-corrected chi connectivity index (χ2v) is 4.32. The topological polar surface area (TPSA) is 68.3 Å². The van der Waals surface area contributed by atoms with E-state index >= 15 is 0 Å². The summed E-state index contributed by atoms with van der Waals surface area (Å²) in [5.41, 5.74) is 0.339. The Labute approximate surface area is 110 Å². The highest BCUT2D eigenvalue weighted by atomic mass is 32.1. The Bertz CT molecular complexity index is 459. The Balaban J connectivity index is 2.51. The lowest BCUT2D eigenvalue weighted by atomic mass is 10.3. The molecule has 0 spiro atoms. The maximum absolute atomic E-state index is 11.9. The fraction of sp³-hybridized carbons (Fsp3) is 0.500. The Hall–Kier alpha value is -1.64. The summed E-state index contributed by atoms with van der Waals surface area (Å²) in [5.74, 6) is -1.68. The van der Waals surface area contributed by atoms with Gasteiger partial charge in [-0.05, 0) is 6.92 Å². The molecule has 106 valence electrons. The highest BCUT2D eigenvalue weighted by Crippen LogP contribution is 2.21. The van der Waals surface area contributed by atoms with Crippen molar-refractivity contribution in [1.82, 2.24) is 4.98 Å². The third kappa shape index (κ3) is 6.18. The van der Waals surface area contributed by atoms with Crippen LogP contribution in [-0.2, 0) is 20.7 Å². The van der Waals surface area contributed by atoms with Gasteiger partial charge in [-0.1, -0.05) is 0 Å². The Morgan fingerprint density at radius 1 is 1.47 bits per heavy atom. The predicted molar refractivity (Wildman–Crippen MR) is 61.8 cm³/mol. The monoisotopic (exact) mass is 296 g/mol. The first kappa shape index (κ1) is 15.4. The van der Waals surface area contributed by atoms with Gasteiger partial charge in [0.25, 0.3) is 0 Å². The number of nitrogens with zero attached hydrogens (tertiary/aromatic N) is 1. The van der Waals surface area contributed by atoms with Crippen LogP contribution < -0.4 is 5.32 Å². The van der Waals surface area contributed by atoms with Gasteiger partial charge in [0.1, 0.15) is 6.42 Å². The molecule has 0 atom stereocenters. The molecule has 0 saturated heterocycles. The van der Waals surface area contributed by atoms with Gasteiger partial charge in [0.15, 0.2) is 5.13 Å². The summed E-state index contributed by atoms with van der Waals surface area (Å²) in [4.78, 5) is 26.0. The number of anilines is 1. The first-order valence-electron chi connectivity index (χ1n) is 5.27. The third-order valence-corrected chi connectivity index (χ3v) is 2.60. The number of esters is 1. The van der Waals surface area contributed by atoms with E-state index in [4.69, 9.17) is 4.74 Å². The summed E-state index contributed by atoms with van der Waals surface area (Å²) in [6.45, 7) is 1.89. The molecule has 1 rings (SSSR count). The van der Waals surface area contributed by atoms with Gasteiger partial charge >= 0.3 is 12.1 Å². The van der Waals surface area contributed by atoms with E-state index in [9.17, 15) is 22.8 Å². The van der Waals surface area contributed by atoms with E-state index in [1.54, 1.807) is 6.92 Å². The Morgan fingerprint density at radius 2 is 2.16 bits per heavy atom. The molecule has 0 bridgehead atoms. The van der Waals surface area contributed by atoms with E-state index in [2.05, 4.69) is 4.98 Å². The summed E-state index contributed by atoms with van der Waals surface area (Å²) in [5, 5.41) is 3.51. The molecular formula is C10H11F3N2O3S. The quantitative estimate of drug-likeness (QED) is 0.845. The maximum atomic E-state index is 11.9. The molecular weight excluding hydrogens is 285 g/mol. The second kappa shape index (κ2) is 6.50. The van der Waals surface area contributed by atoms with Gasteiger partial charge < -0.3 is 10.1 Å². The zero-order valence-corrected chi connectivity index (χ0v) is 10.7. The van der Waals surface area contributed by atoms with Gasteiger partial charge in [-0.15, -0.1) is 11.3 Å². The van der Waals surface area contributed by atoms with Crippen molar-refractivity contribution in [1.29, 1.82) is 0 Å². The molecule has 5 nitrogen and oxygen atoms in total. The minimum atomic E-state index is -4.56. The number of nitrogens with one attached hydrogen (secondary N) is 1. The Kier molecular flexibility index (Phi) is 5.28. The van der Waals surface area contributed by atoms with Gasteiger partial charge in [0, 0.05) is 5.38 Å². The first-order valence-corrected chi connectivity index (χ1v) is 6.14. The zero-order valence-electron chi connectivity index (χ0n) is 9.91. The van der Waals surface area contributed by atoms with Crippen molar-refractivity contribution >= 4 is 28.3 Å². The summed E-state index contributed by atoms with van der Waals surface area (Å²) in [7, 11) is 0. The van der Waals surface area contributed by atoms with Crippen LogP contribution >= 0.6 is 11.3 Å². The lowest BCUT2D eigenvalue weighted by molar-refractivity contribution is -0.150. The van der Waals surface area contributed by atoms with Crippen LogP contribution in [0.2, 0.25) is 0 Å². The van der Waals surface area contributed by atoms with E-state index in [-0.39, 0.29) is 18.2 Å². The van der Waals surface area contributed by atoms with Crippen molar-refractivity contribution in [2.45, 2.75) is 25.9 Å². The molecule has 9 heteroatoms. The molecule has 1 aromatic heterocycles. The number of rotatable bonds is 5. The van der Waals surface area contributed by atoms with E-state index < -0.39 is 24.5 Å². The molecule has 0 aliphatic heterocycles. The van der Waals surface area contributed by atoms with Crippen LogP contribution in [0.15, 0.2) is 5.38 Å². The largest absolute Gasteiger partial charge is 0.466 e. The maximum Gasteiger partial charge on any atom is 0.397 e. The highest BCUT2D eigenvalue weighted by molar-refractivity contribution is 7.13. The normalized spacial score (nSPS) is 11.2. The molecule has 0 unspecified atom stereocenters. The van der Waals surface area contributed by atoms with Crippen molar-refractivity contribution in [3.8, 4) is 0 Å². The van der Waals surface area contributed by atoms with E-state index in [1.807, 2.05) is 5.32 Å². The molecule has 1 N–H and O–H groups in total. The first-order chi connectivity index (χ1) is 8.80. The smallest absolute Gasteiger partial charge is 0.397 e. The van der Waals surface area contributed by atoms with Gasteiger partial charge in [-0.2, -0.15) is 13.2 Å². The van der Waals surface area contributed by atoms with Crippen LogP contribution in [0, 0.1) is 0 Å². The van der Waals surface area contributed by atoms with Crippen LogP contribution in [0.3, 0.4) is 0 Å². The highest BCUT2D eigenvalue weighted by Gasteiger charge is 2.31. The molecule has 19 heavy (non-hydrogen) atoms. The number of ether oxygens (including phenoxy) is 1. The third-order valence-electron chi connectivity index (χ3n) is 1.79. The molecule has 0 fully saturated rings. The number of amides is 1. The lowest BCUT2D eigenvalue weighted by Crippen LogP contribution is -2.21. The number of alkyl halides is 3. The summed E-state index contributed by atoms with van der Waals surface area (Å²) in [6.07, 6.45) is -6.21. The summed E-state index contributed by atoms with van der Waals surface area (Å²) >= 11 is 0.946. The molecule has 1 amide bonds. The van der Waals surface area contributed by atoms with Crippen molar-refractivity contribution in [2.75, 3.05) is 11.9 Å². The number of carbonyl (C=O) groups excluding carboxylic acids is 2. The fourth-order valence-electron chi connectivity index (χ4n) is 1.15. The minimum Gasteiger partial charge on any atom is -0.466 e. The van der Waals surface area contributed by atoms with Crippen molar-refractivity contribution in [3.05, 3.63) is 11.1 Å². The molecule has 1 heterocycles. The standard InChI is InChI=1S/C10H11F3N2O3S/c1-2-18-8(17)3-6-5-19-9(14-6)15-7(16)4-10(11,12)13/h5H,2-4H2,1H3,(H,14,15,16). The van der Waals surface area contributed by atoms with Crippen LogP contribution in [0.1, 0.15) is 19.0 Å². The van der Waals surface area contributed by atoms with Gasteiger partial charge in [0.05, 0.1) is 18.7 Å². The number of hydrogen-bond acceptors (Lipinski definition) is 5. The van der Waals surface area contributed by atoms with Crippen LogP contribution in [-0.4, -0.2) is 29.6 Å². The second-order valence-electron chi connectivity index (χ2n) is 3.47. The van der Waals surface area contributed by atoms with Crippen LogP contribution in [0.25, 0.3) is 0 Å². The number of halogens is 3. The minimum absolute atomic E-state index is 0.0218. The van der Waals surface area contributed by atoms with Gasteiger partial charge in [-0.25, -0.2) is 4.98 Å². The van der Waals surface area contributed by atoms with Crippen molar-refractivity contribution < 1.29 is 27.5 Å². The van der Waals surface area contributed by atoms with Crippen LogP contribution in [0.5, 0.6) is 0 Å². The number of thiazole rings is 1. The molecule has 0 aliphatic rings. The number of carbonyl (C=O) groups is 2. The van der Waals surface area contributed by atoms with Crippen molar-refractivity contribution in [3.63, 3.8) is 0 Å². The van der Waals surface area contributed by atoms with E-state index in [0.717, 1.165) is 11.3 Å². The summed E-state index contributed by atoms with van der Waals surface area (Å²) < 4.78 is 40.5. The van der Waals surface area contributed by atoms with Gasteiger partial charge in [0.2, 0.25) is 5.91 Å². The molecule has 1 aromatic rings. The Morgan fingerprint density at radius 3 is 2.74 bits per heavy atom. The average molecular weight is 296 g/mol. The number of hydrogen-bond donors (Lipinski definition) is 1. The number of aromatic nitrogens is 1. The molecule has 0 aliphatic carbocycles. The lowest BCUT2D eigenvalue weighted by Gasteiger charge is -2.04. The molecule has 0 saturated carbocycles.